The third-order valence-electron chi connectivity index (χ3n) is 1.18. The Kier molecular flexibility index (Phi) is 2.70. The maximum atomic E-state index is 5.26. The Morgan fingerprint density at radius 3 is 3.00 bits per heavy atom. The number of hydrogen-bond acceptors (Lipinski definition) is 2. The van der Waals surface area contributed by atoms with E-state index in [0.717, 1.165) is 6.54 Å². The summed E-state index contributed by atoms with van der Waals surface area (Å²) < 4.78 is 1.98. The molecule has 2 N–H and O–H groups in total. The predicted molar refractivity (Wildman–Crippen MR) is 40.4 cm³/mol. The molecule has 0 saturated heterocycles. The first-order chi connectivity index (χ1) is 4.93. The molecule has 0 aliphatic heterocycles. The van der Waals surface area contributed by atoms with Gasteiger partial charge in [-0.2, -0.15) is 0 Å². The van der Waals surface area contributed by atoms with Crippen LogP contribution in [0.1, 0.15) is 0 Å². The Bertz CT molecular complexity index is 189. The average Bonchev–Trinajstić information content (AvgIpc) is 2.41. The van der Waals surface area contributed by atoms with Crippen LogP contribution in [-0.4, -0.2) is 16.1 Å². The van der Waals surface area contributed by atoms with E-state index in [1.807, 2.05) is 22.9 Å². The van der Waals surface area contributed by atoms with Gasteiger partial charge in [0.1, 0.15) is 0 Å². The van der Waals surface area contributed by atoms with Gasteiger partial charge in [0.25, 0.3) is 0 Å². The normalized spacial score (nSPS) is 10.9. The summed E-state index contributed by atoms with van der Waals surface area (Å²) >= 11 is 0. The van der Waals surface area contributed by atoms with Gasteiger partial charge >= 0.3 is 0 Å². The van der Waals surface area contributed by atoms with Gasteiger partial charge in [-0.15, -0.1) is 0 Å². The lowest BCUT2D eigenvalue weighted by atomic mass is 10.5. The largest absolute Gasteiger partial charge is 0.334 e. The highest BCUT2D eigenvalue weighted by molar-refractivity contribution is 4.85. The smallest absolute Gasteiger partial charge is 0.0948 e. The molecule has 0 radical (unpaired) electrons. The van der Waals surface area contributed by atoms with Crippen LogP contribution in [0.15, 0.2) is 30.9 Å². The van der Waals surface area contributed by atoms with Crippen molar-refractivity contribution in [3.63, 3.8) is 0 Å². The van der Waals surface area contributed by atoms with E-state index in [-0.39, 0.29) is 0 Å². The fraction of sp³-hybridized carbons (Fsp3) is 0.286. The van der Waals surface area contributed by atoms with Gasteiger partial charge in [-0.25, -0.2) is 4.98 Å². The summed E-state index contributed by atoms with van der Waals surface area (Å²) in [6.07, 6.45) is 9.40. The van der Waals surface area contributed by atoms with E-state index in [9.17, 15) is 0 Å². The van der Waals surface area contributed by atoms with E-state index in [2.05, 4.69) is 4.98 Å². The third kappa shape index (κ3) is 2.03. The van der Waals surface area contributed by atoms with Gasteiger partial charge in [-0.1, -0.05) is 12.2 Å². The predicted octanol–water partition coefficient (Wildman–Crippen LogP) is 0.398. The lowest BCUT2D eigenvalue weighted by Gasteiger charge is -1.92. The summed E-state index contributed by atoms with van der Waals surface area (Å²) in [5, 5.41) is 0. The molecule has 3 nitrogen and oxygen atoms in total. The van der Waals surface area contributed by atoms with Gasteiger partial charge < -0.3 is 10.3 Å². The summed E-state index contributed by atoms with van der Waals surface area (Å²) in [5.74, 6) is 0. The number of allylic oxidation sites excluding steroid dienone is 1. The van der Waals surface area contributed by atoms with Crippen LogP contribution in [0.4, 0.5) is 0 Å². The average molecular weight is 137 g/mol. The lowest BCUT2D eigenvalue weighted by Crippen LogP contribution is -1.95. The maximum absolute atomic E-state index is 5.26. The van der Waals surface area contributed by atoms with Crippen molar-refractivity contribution in [3.05, 3.63) is 30.9 Å². The van der Waals surface area contributed by atoms with Crippen molar-refractivity contribution in [3.8, 4) is 0 Å². The van der Waals surface area contributed by atoms with Gasteiger partial charge in [0.2, 0.25) is 0 Å². The fourth-order valence-corrected chi connectivity index (χ4v) is 0.687. The topological polar surface area (TPSA) is 43.8 Å². The minimum Gasteiger partial charge on any atom is -0.334 e. The first-order valence-corrected chi connectivity index (χ1v) is 3.24. The SMILES string of the molecule is NC/C=C\Cn1ccnc1. The summed E-state index contributed by atoms with van der Waals surface area (Å²) in [7, 11) is 0. The highest BCUT2D eigenvalue weighted by atomic mass is 15.0. The van der Waals surface area contributed by atoms with Crippen molar-refractivity contribution in [2.24, 2.45) is 5.73 Å². The highest BCUT2D eigenvalue weighted by Crippen LogP contribution is 1.85. The quantitative estimate of drug-likeness (QED) is 0.613. The number of imidazole rings is 1. The molecular formula is C7H11N3. The molecule has 1 aromatic heterocycles. The van der Waals surface area contributed by atoms with Crippen molar-refractivity contribution in [1.82, 2.24) is 9.55 Å². The molecule has 0 atom stereocenters. The second-order valence-electron chi connectivity index (χ2n) is 1.97. The van der Waals surface area contributed by atoms with E-state index >= 15 is 0 Å². The first kappa shape index (κ1) is 7.02. The van der Waals surface area contributed by atoms with Crippen LogP contribution >= 0.6 is 0 Å². The summed E-state index contributed by atoms with van der Waals surface area (Å²) in [6, 6.07) is 0. The lowest BCUT2D eigenvalue weighted by molar-refractivity contribution is 0.818. The van der Waals surface area contributed by atoms with Crippen LogP contribution in [0, 0.1) is 0 Å². The summed E-state index contributed by atoms with van der Waals surface area (Å²) in [4.78, 5) is 3.90. The molecule has 1 rings (SSSR count). The molecule has 0 aromatic carbocycles. The number of nitrogens with zero attached hydrogens (tertiary/aromatic N) is 2. The Morgan fingerprint density at radius 1 is 1.50 bits per heavy atom. The number of rotatable bonds is 3. The molecule has 0 bridgehead atoms. The van der Waals surface area contributed by atoms with Gasteiger partial charge in [0, 0.05) is 25.5 Å². The fourth-order valence-electron chi connectivity index (χ4n) is 0.687. The van der Waals surface area contributed by atoms with Crippen molar-refractivity contribution in [2.45, 2.75) is 6.54 Å². The molecule has 1 heterocycles. The second kappa shape index (κ2) is 3.85. The zero-order valence-electron chi connectivity index (χ0n) is 5.77. The molecular weight excluding hydrogens is 126 g/mol. The third-order valence-corrected chi connectivity index (χ3v) is 1.18. The van der Waals surface area contributed by atoms with Crippen LogP contribution < -0.4 is 5.73 Å². The number of nitrogens with two attached hydrogens (primary N) is 1. The Hall–Kier alpha value is -1.09. The number of aromatic nitrogens is 2. The van der Waals surface area contributed by atoms with Crippen molar-refractivity contribution >= 4 is 0 Å². The standard InChI is InChI=1S/C7H11N3/c8-3-1-2-5-10-6-4-9-7-10/h1-2,4,6-7H,3,5,8H2/b2-1-. The van der Waals surface area contributed by atoms with Gasteiger partial charge in [-0.05, 0) is 0 Å². The van der Waals surface area contributed by atoms with E-state index in [0.29, 0.717) is 6.54 Å². The van der Waals surface area contributed by atoms with E-state index in [1.165, 1.54) is 0 Å². The molecule has 0 aliphatic rings. The minimum absolute atomic E-state index is 0.606. The zero-order valence-corrected chi connectivity index (χ0v) is 5.77. The van der Waals surface area contributed by atoms with Gasteiger partial charge in [-0.3, -0.25) is 0 Å². The molecule has 0 unspecified atom stereocenters. The van der Waals surface area contributed by atoms with E-state index in [1.54, 1.807) is 12.5 Å². The monoisotopic (exact) mass is 137 g/mol. The highest BCUT2D eigenvalue weighted by Gasteiger charge is 1.81. The second-order valence-corrected chi connectivity index (χ2v) is 1.97. The van der Waals surface area contributed by atoms with Crippen molar-refractivity contribution in [1.29, 1.82) is 0 Å². The van der Waals surface area contributed by atoms with Crippen LogP contribution in [0.2, 0.25) is 0 Å². The minimum atomic E-state index is 0.606. The zero-order chi connectivity index (χ0) is 7.23. The molecule has 10 heavy (non-hydrogen) atoms. The van der Waals surface area contributed by atoms with Crippen molar-refractivity contribution < 1.29 is 0 Å². The van der Waals surface area contributed by atoms with Crippen LogP contribution in [0.3, 0.4) is 0 Å². The molecule has 0 spiro atoms. The Balaban J connectivity index is 2.34. The molecule has 0 amide bonds. The molecule has 3 heteroatoms. The van der Waals surface area contributed by atoms with Crippen LogP contribution in [0.25, 0.3) is 0 Å². The van der Waals surface area contributed by atoms with E-state index < -0.39 is 0 Å². The molecule has 0 aliphatic carbocycles. The first-order valence-electron chi connectivity index (χ1n) is 3.24. The molecule has 0 saturated carbocycles. The molecule has 0 fully saturated rings. The molecule has 54 valence electrons. The van der Waals surface area contributed by atoms with Crippen molar-refractivity contribution in [2.75, 3.05) is 6.54 Å². The van der Waals surface area contributed by atoms with E-state index in [4.69, 9.17) is 5.73 Å². The summed E-state index contributed by atoms with van der Waals surface area (Å²) in [5.41, 5.74) is 5.26. The van der Waals surface area contributed by atoms with Gasteiger partial charge in [0.05, 0.1) is 6.33 Å². The maximum Gasteiger partial charge on any atom is 0.0948 e. The Labute approximate surface area is 60.2 Å². The van der Waals surface area contributed by atoms with Gasteiger partial charge in [0.15, 0.2) is 0 Å². The number of hydrogen-bond donors (Lipinski definition) is 1. The van der Waals surface area contributed by atoms with Crippen LogP contribution in [0.5, 0.6) is 0 Å². The molecule has 1 aromatic rings. The summed E-state index contributed by atoms with van der Waals surface area (Å²) in [6.45, 7) is 1.46. The Morgan fingerprint density at radius 2 is 2.40 bits per heavy atom. The van der Waals surface area contributed by atoms with Crippen LogP contribution in [-0.2, 0) is 6.54 Å².